The van der Waals surface area contributed by atoms with Crippen LogP contribution in [0.25, 0.3) is 72.9 Å². The zero-order valence-corrected chi connectivity index (χ0v) is 29.7. The van der Waals surface area contributed by atoms with Gasteiger partial charge < -0.3 is 8.83 Å². The van der Waals surface area contributed by atoms with Gasteiger partial charge in [0.1, 0.15) is 11.0 Å². The molecule has 2 aromatic heterocycles. The molecular weight excluding hydrogens is 673 g/mol. The van der Waals surface area contributed by atoms with Crippen LogP contribution in [0.15, 0.2) is 185 Å². The Bertz CT molecular complexity index is 2880. The summed E-state index contributed by atoms with van der Waals surface area (Å²) in [5.41, 5.74) is 18.9. The fraction of sp³-hybridized carbons (Fsp3) is 0.0588. The highest BCUT2D eigenvalue weighted by molar-refractivity contribution is 5.95. The number of hydrogen-bond donors (Lipinski definition) is 0. The molecule has 0 saturated carbocycles. The summed E-state index contributed by atoms with van der Waals surface area (Å²) in [6.45, 7) is 0. The van der Waals surface area contributed by atoms with Gasteiger partial charge >= 0.3 is 0 Å². The first-order chi connectivity index (χ1) is 27.2. The maximum absolute atomic E-state index is 6.31. The number of fused-ring (bicyclic) bond motifs is 12. The molecule has 0 radical (unpaired) electrons. The van der Waals surface area contributed by atoms with Crippen LogP contribution in [-0.4, -0.2) is 9.97 Å². The Morgan fingerprint density at radius 3 is 1.53 bits per heavy atom. The zero-order chi connectivity index (χ0) is 36.1. The summed E-state index contributed by atoms with van der Waals surface area (Å²) >= 11 is 0. The van der Waals surface area contributed by atoms with E-state index >= 15 is 0 Å². The lowest BCUT2D eigenvalue weighted by Gasteiger charge is -2.31. The van der Waals surface area contributed by atoms with Crippen LogP contribution in [0.1, 0.15) is 45.7 Å². The van der Waals surface area contributed by atoms with Crippen molar-refractivity contribution in [2.45, 2.75) is 17.8 Å². The lowest BCUT2D eigenvalue weighted by Crippen LogP contribution is -2.26. The quantitative estimate of drug-likeness (QED) is 0.183. The molecule has 1 unspecified atom stereocenters. The first-order valence-corrected chi connectivity index (χ1v) is 18.9. The van der Waals surface area contributed by atoms with Crippen LogP contribution >= 0.6 is 0 Å². The molecule has 9 aromatic rings. The van der Waals surface area contributed by atoms with E-state index in [1.54, 1.807) is 0 Å². The van der Waals surface area contributed by atoms with Crippen LogP contribution in [-0.2, 0) is 5.41 Å². The number of para-hydroxylation sites is 4. The van der Waals surface area contributed by atoms with Gasteiger partial charge in [-0.2, -0.15) is 0 Å². The van der Waals surface area contributed by atoms with E-state index in [9.17, 15) is 0 Å². The second kappa shape index (κ2) is 11.5. The third-order valence-electron chi connectivity index (χ3n) is 11.9. The molecule has 12 rings (SSSR count). The molecule has 0 fully saturated rings. The van der Waals surface area contributed by atoms with Crippen molar-refractivity contribution < 1.29 is 8.83 Å². The number of allylic oxidation sites excluding steroid dienone is 4. The summed E-state index contributed by atoms with van der Waals surface area (Å²) in [4.78, 5) is 9.75. The zero-order valence-electron chi connectivity index (χ0n) is 29.7. The smallest absolute Gasteiger partial charge is 0.227 e. The molecule has 3 aliphatic rings. The van der Waals surface area contributed by atoms with E-state index in [2.05, 4.69) is 127 Å². The molecule has 7 aromatic carbocycles. The average Bonchev–Trinajstić information content (AvgIpc) is 4.02. The second-order valence-corrected chi connectivity index (χ2v) is 14.9. The third kappa shape index (κ3) is 4.40. The third-order valence-corrected chi connectivity index (χ3v) is 11.9. The van der Waals surface area contributed by atoms with E-state index in [1.807, 2.05) is 48.5 Å². The summed E-state index contributed by atoms with van der Waals surface area (Å²) in [6.07, 6.45) is 7.65. The molecule has 4 heteroatoms. The predicted octanol–water partition coefficient (Wildman–Crippen LogP) is 12.8. The largest absolute Gasteiger partial charge is 0.436 e. The molecule has 1 atom stereocenters. The van der Waals surface area contributed by atoms with Crippen LogP contribution < -0.4 is 0 Å². The molecule has 0 aliphatic heterocycles. The van der Waals surface area contributed by atoms with Crippen LogP contribution in [0, 0.1) is 0 Å². The van der Waals surface area contributed by atoms with Crippen molar-refractivity contribution in [1.29, 1.82) is 0 Å². The van der Waals surface area contributed by atoms with Crippen LogP contribution in [0.5, 0.6) is 0 Å². The molecule has 0 N–H and O–H groups in total. The van der Waals surface area contributed by atoms with Crippen molar-refractivity contribution in [3.8, 4) is 45.2 Å². The van der Waals surface area contributed by atoms with E-state index in [1.165, 1.54) is 55.6 Å². The highest BCUT2D eigenvalue weighted by Crippen LogP contribution is 2.63. The summed E-state index contributed by atoms with van der Waals surface area (Å²) in [5, 5.41) is 0. The summed E-state index contributed by atoms with van der Waals surface area (Å²) in [5.74, 6) is 1.33. The van der Waals surface area contributed by atoms with Gasteiger partial charge in [0.25, 0.3) is 0 Å². The van der Waals surface area contributed by atoms with Crippen LogP contribution in [0.4, 0.5) is 0 Å². The molecule has 258 valence electrons. The molecule has 0 amide bonds. The Morgan fingerprint density at radius 2 is 0.964 bits per heavy atom. The van der Waals surface area contributed by atoms with Crippen molar-refractivity contribution in [2.75, 3.05) is 0 Å². The van der Waals surface area contributed by atoms with Gasteiger partial charge in [-0.3, -0.25) is 0 Å². The Labute approximate surface area is 317 Å². The molecule has 0 saturated heterocycles. The summed E-state index contributed by atoms with van der Waals surface area (Å²) < 4.78 is 12.6. The topological polar surface area (TPSA) is 52.1 Å². The maximum Gasteiger partial charge on any atom is 0.227 e. The van der Waals surface area contributed by atoms with Gasteiger partial charge in [0.15, 0.2) is 11.2 Å². The van der Waals surface area contributed by atoms with Crippen molar-refractivity contribution in [1.82, 2.24) is 9.97 Å². The monoisotopic (exact) mass is 704 g/mol. The molecule has 1 spiro atoms. The van der Waals surface area contributed by atoms with Crippen LogP contribution in [0.3, 0.4) is 0 Å². The average molecular weight is 705 g/mol. The fourth-order valence-electron chi connectivity index (χ4n) is 9.52. The normalized spacial score (nSPS) is 15.9. The van der Waals surface area contributed by atoms with E-state index in [0.29, 0.717) is 11.8 Å². The number of rotatable bonds is 4. The highest BCUT2D eigenvalue weighted by Gasteiger charge is 2.51. The number of aromatic nitrogens is 2. The maximum atomic E-state index is 6.31. The van der Waals surface area contributed by atoms with Gasteiger partial charge in [0, 0.05) is 17.0 Å². The van der Waals surface area contributed by atoms with Gasteiger partial charge in [-0.05, 0) is 110 Å². The standard InChI is InChI=1S/C51H32N2O2/c1-4-17-41-37(14-1)38-15-2-5-18-42(38)51(41)43-19-6-3-16-39(43)40-25-24-33(30-44(40)51)31-12-11-13-32(26-31)34-27-35(49-52-45-20-7-9-22-47(45)54-49)29-36(28-34)50-53-46-21-8-10-23-48(46)55-50/h1-25,27-31H,26H2. The first kappa shape index (κ1) is 30.4. The van der Waals surface area contributed by atoms with Gasteiger partial charge in [-0.1, -0.05) is 133 Å². The Balaban J connectivity index is 0.978. The minimum absolute atomic E-state index is 0.179. The summed E-state index contributed by atoms with van der Waals surface area (Å²) in [7, 11) is 0. The molecule has 4 nitrogen and oxygen atoms in total. The minimum Gasteiger partial charge on any atom is -0.436 e. The van der Waals surface area contributed by atoms with Crippen LogP contribution in [0.2, 0.25) is 0 Å². The summed E-state index contributed by atoms with van der Waals surface area (Å²) in [6, 6.07) is 56.5. The predicted molar refractivity (Wildman–Crippen MR) is 220 cm³/mol. The highest BCUT2D eigenvalue weighted by atomic mass is 16.4. The SMILES string of the molecule is C1=CC(c2ccc3c(c2)C2(c4ccccc4-c4ccccc42)c2ccccc2-3)CC(c2cc(-c3nc4ccccc4o3)cc(-c3nc4ccccc4o3)c2)=C1. The Morgan fingerprint density at radius 1 is 0.473 bits per heavy atom. The molecule has 2 heterocycles. The van der Waals surface area contributed by atoms with Crippen molar-refractivity contribution in [3.05, 3.63) is 209 Å². The van der Waals surface area contributed by atoms with Gasteiger partial charge in [0.05, 0.1) is 5.41 Å². The fourth-order valence-corrected chi connectivity index (χ4v) is 9.52. The van der Waals surface area contributed by atoms with E-state index in [-0.39, 0.29) is 11.3 Å². The van der Waals surface area contributed by atoms with E-state index in [0.717, 1.165) is 45.3 Å². The van der Waals surface area contributed by atoms with Gasteiger partial charge in [-0.25, -0.2) is 9.97 Å². The first-order valence-electron chi connectivity index (χ1n) is 18.9. The Kier molecular flexibility index (Phi) is 6.35. The van der Waals surface area contributed by atoms with Crippen molar-refractivity contribution in [3.63, 3.8) is 0 Å². The van der Waals surface area contributed by atoms with E-state index in [4.69, 9.17) is 18.8 Å². The van der Waals surface area contributed by atoms with Crippen molar-refractivity contribution in [2.24, 2.45) is 0 Å². The van der Waals surface area contributed by atoms with Gasteiger partial charge in [-0.15, -0.1) is 0 Å². The lowest BCUT2D eigenvalue weighted by molar-refractivity contribution is 0.617. The number of hydrogen-bond acceptors (Lipinski definition) is 4. The second-order valence-electron chi connectivity index (χ2n) is 14.9. The van der Waals surface area contributed by atoms with Gasteiger partial charge in [0.2, 0.25) is 11.8 Å². The minimum atomic E-state index is -0.366. The van der Waals surface area contributed by atoms with Crippen molar-refractivity contribution >= 4 is 27.8 Å². The molecule has 0 bridgehead atoms. The number of oxazole rings is 2. The Hall–Kier alpha value is -7.04. The molecular formula is C51H32N2O2. The molecule has 55 heavy (non-hydrogen) atoms. The molecule has 3 aliphatic carbocycles. The number of nitrogens with zero attached hydrogens (tertiary/aromatic N) is 2. The van der Waals surface area contributed by atoms with E-state index < -0.39 is 0 Å². The lowest BCUT2D eigenvalue weighted by atomic mass is 9.70. The number of benzene rings is 7.